The van der Waals surface area contributed by atoms with Crippen molar-refractivity contribution in [1.82, 2.24) is 0 Å². The van der Waals surface area contributed by atoms with Crippen LogP contribution in [0.25, 0.3) is 0 Å². The van der Waals surface area contributed by atoms with Gasteiger partial charge in [-0.15, -0.1) is 0 Å². The highest BCUT2D eigenvalue weighted by Crippen LogP contribution is 2.43. The lowest BCUT2D eigenvalue weighted by Gasteiger charge is -2.20. The van der Waals surface area contributed by atoms with Crippen LogP contribution in [-0.4, -0.2) is 59.9 Å². The van der Waals surface area contributed by atoms with E-state index in [1.165, 1.54) is 96.3 Å². The van der Waals surface area contributed by atoms with Crippen LogP contribution in [0, 0.1) is 0 Å². The van der Waals surface area contributed by atoms with Crippen LogP contribution < -0.4 is 5.73 Å². The molecule has 0 aromatic heterocycles. The first-order valence-electron chi connectivity index (χ1n) is 24.0. The zero-order valence-corrected chi connectivity index (χ0v) is 39.6. The fourth-order valence-corrected chi connectivity index (χ4v) is 7.05. The minimum atomic E-state index is -4.74. The number of phosphoric ester groups is 1. The second-order valence-corrected chi connectivity index (χ2v) is 17.3. The van der Waals surface area contributed by atoms with Crippen LogP contribution in [0.4, 0.5) is 0 Å². The molecule has 0 spiro atoms. The number of hydrogen-bond acceptors (Lipinski definition) is 9. The number of unbranched alkanes of at least 4 members (excludes halogenated alkanes) is 18. The molecule has 11 nitrogen and oxygen atoms in total. The molecule has 0 saturated heterocycles. The van der Waals surface area contributed by atoms with Gasteiger partial charge in [0.05, 0.1) is 13.2 Å². The van der Waals surface area contributed by atoms with Gasteiger partial charge in [0, 0.05) is 12.8 Å². The topological polar surface area (TPSA) is 172 Å². The number of carboxylic acid groups (broad SMARTS) is 1. The molecule has 0 radical (unpaired) electrons. The first-order chi connectivity index (χ1) is 30.1. The van der Waals surface area contributed by atoms with Crippen molar-refractivity contribution in [2.24, 2.45) is 5.73 Å². The van der Waals surface area contributed by atoms with Crippen LogP contribution in [0.3, 0.4) is 0 Å². The number of nitrogens with two attached hydrogens (primary N) is 1. The minimum Gasteiger partial charge on any atom is -0.480 e. The normalized spacial score (nSPS) is 14.3. The van der Waals surface area contributed by atoms with Crippen molar-refractivity contribution < 1.29 is 47.5 Å². The molecule has 0 amide bonds. The summed E-state index contributed by atoms with van der Waals surface area (Å²) in [4.78, 5) is 46.1. The van der Waals surface area contributed by atoms with Gasteiger partial charge in [0.1, 0.15) is 12.6 Å². The molecule has 0 aromatic carbocycles. The molecule has 3 atom stereocenters. The maximum atomic E-state index is 12.7. The molecule has 1 unspecified atom stereocenters. The van der Waals surface area contributed by atoms with Gasteiger partial charge in [0.15, 0.2) is 6.10 Å². The molecule has 0 aliphatic heterocycles. The van der Waals surface area contributed by atoms with Crippen LogP contribution >= 0.6 is 7.82 Å². The maximum absolute atomic E-state index is 12.7. The van der Waals surface area contributed by atoms with Gasteiger partial charge in [-0.3, -0.25) is 23.4 Å². The zero-order valence-electron chi connectivity index (χ0n) is 38.7. The molecule has 0 rings (SSSR count). The van der Waals surface area contributed by atoms with Crippen molar-refractivity contribution in [2.45, 2.75) is 206 Å². The highest BCUT2D eigenvalue weighted by atomic mass is 31.2. The lowest BCUT2D eigenvalue weighted by Crippen LogP contribution is -2.34. The van der Waals surface area contributed by atoms with Crippen molar-refractivity contribution in [2.75, 3.05) is 19.8 Å². The van der Waals surface area contributed by atoms with Crippen LogP contribution in [0.5, 0.6) is 0 Å². The fraction of sp³-hybridized carbons (Fsp3) is 0.700. The fourth-order valence-electron chi connectivity index (χ4n) is 6.27. The van der Waals surface area contributed by atoms with Crippen molar-refractivity contribution in [3.63, 3.8) is 0 Å². The molecule has 0 bridgehead atoms. The van der Waals surface area contributed by atoms with E-state index in [0.29, 0.717) is 12.8 Å². The Kier molecular flexibility index (Phi) is 42.3. The van der Waals surface area contributed by atoms with Crippen LogP contribution in [0.1, 0.15) is 194 Å². The van der Waals surface area contributed by atoms with Gasteiger partial charge < -0.3 is 25.2 Å². The summed E-state index contributed by atoms with van der Waals surface area (Å²) in [6.07, 6.45) is 54.1. The Morgan fingerprint density at radius 2 is 0.903 bits per heavy atom. The number of ether oxygens (including phenoxy) is 2. The molecule has 62 heavy (non-hydrogen) atoms. The van der Waals surface area contributed by atoms with E-state index in [0.717, 1.165) is 57.8 Å². The first kappa shape index (κ1) is 58.9. The van der Waals surface area contributed by atoms with E-state index in [1.807, 2.05) is 12.2 Å². The standard InChI is InChI=1S/C50H86NO10P/c1-3-5-7-9-11-13-15-17-19-21-23-25-27-29-31-33-35-37-39-41-48(52)58-43-46(44-59-62(56,57)60-45-47(51)50(54)55)61-49(53)42-40-38-36-34-32-30-28-26-24-22-20-18-16-14-12-10-8-6-4-2/h5,7,11,13,17,19,23,25,29,31,35,37,46-47H,3-4,6,8-10,12,14-16,18,20-22,24,26-28,30,32-34,36,38-45,51H2,1-2H3,(H,54,55)(H,56,57)/b7-5+,13-11+,19-17+,25-23+,31-29+,37-35+/t46-,47+/m1/s1. The average Bonchev–Trinajstić information content (AvgIpc) is 3.25. The van der Waals surface area contributed by atoms with Crippen molar-refractivity contribution in [3.05, 3.63) is 72.9 Å². The van der Waals surface area contributed by atoms with E-state index in [9.17, 15) is 23.8 Å². The second kappa shape index (κ2) is 44.5. The summed E-state index contributed by atoms with van der Waals surface area (Å²) in [5, 5.41) is 8.91. The predicted molar refractivity (Wildman–Crippen MR) is 254 cm³/mol. The average molecular weight is 892 g/mol. The minimum absolute atomic E-state index is 0.0950. The largest absolute Gasteiger partial charge is 0.480 e. The molecule has 4 N–H and O–H groups in total. The third-order valence-electron chi connectivity index (χ3n) is 9.98. The van der Waals surface area contributed by atoms with Crippen molar-refractivity contribution in [3.8, 4) is 0 Å². The summed E-state index contributed by atoms with van der Waals surface area (Å²) < 4.78 is 32.7. The third kappa shape index (κ3) is 43.6. The quantitative estimate of drug-likeness (QED) is 0.0230. The number of hydrogen-bond donors (Lipinski definition) is 3. The number of rotatable bonds is 44. The van der Waals surface area contributed by atoms with E-state index < -0.39 is 51.1 Å². The zero-order chi connectivity index (χ0) is 45.6. The number of carbonyl (C=O) groups excluding carboxylic acids is 2. The Balaban J connectivity index is 4.40. The lowest BCUT2D eigenvalue weighted by molar-refractivity contribution is -0.161. The smallest absolute Gasteiger partial charge is 0.472 e. The number of allylic oxidation sites excluding steroid dienone is 12. The van der Waals surface area contributed by atoms with E-state index in [2.05, 4.69) is 79.1 Å². The monoisotopic (exact) mass is 892 g/mol. The summed E-state index contributed by atoms with van der Waals surface area (Å²) in [6.45, 7) is 2.63. The highest BCUT2D eigenvalue weighted by Gasteiger charge is 2.28. The summed E-state index contributed by atoms with van der Waals surface area (Å²) in [5.74, 6) is -2.48. The van der Waals surface area contributed by atoms with Crippen LogP contribution in [0.2, 0.25) is 0 Å². The summed E-state index contributed by atoms with van der Waals surface area (Å²) in [5.41, 5.74) is 5.34. The molecule has 0 fully saturated rings. The summed E-state index contributed by atoms with van der Waals surface area (Å²) in [7, 11) is -4.74. The number of esters is 2. The van der Waals surface area contributed by atoms with Gasteiger partial charge in [-0.1, -0.05) is 202 Å². The number of carboxylic acids is 1. The summed E-state index contributed by atoms with van der Waals surface area (Å²) in [6, 6.07) is -1.53. The Morgan fingerprint density at radius 3 is 1.32 bits per heavy atom. The molecule has 0 heterocycles. The number of aliphatic carboxylic acids is 1. The molecule has 0 aliphatic rings. The molecule has 12 heteroatoms. The highest BCUT2D eigenvalue weighted by molar-refractivity contribution is 7.47. The Hall–Kier alpha value is -3.08. The first-order valence-corrected chi connectivity index (χ1v) is 25.5. The predicted octanol–water partition coefficient (Wildman–Crippen LogP) is 13.3. The van der Waals surface area contributed by atoms with Gasteiger partial charge >= 0.3 is 25.7 Å². The van der Waals surface area contributed by atoms with E-state index in [-0.39, 0.29) is 19.4 Å². The number of carbonyl (C=O) groups is 3. The Bertz CT molecular complexity index is 1320. The Labute approximate surface area is 376 Å². The van der Waals surface area contributed by atoms with Gasteiger partial charge in [-0.2, -0.15) is 0 Å². The number of phosphoric acid groups is 1. The van der Waals surface area contributed by atoms with E-state index in [1.54, 1.807) is 0 Å². The summed E-state index contributed by atoms with van der Waals surface area (Å²) >= 11 is 0. The molecule has 0 aliphatic carbocycles. The SMILES string of the molecule is CC/C=C/C/C=C/C/C=C/C/C=C/C/C=C/C/C=C/CCC(=O)OC[C@H](COP(=O)(O)OC[C@H](N)C(=O)O)OC(=O)CCCCCCCCCCCCCCCCCCCCC. The van der Waals surface area contributed by atoms with Crippen LogP contribution in [-0.2, 0) is 37.5 Å². The maximum Gasteiger partial charge on any atom is 0.472 e. The van der Waals surface area contributed by atoms with Crippen LogP contribution in [0.15, 0.2) is 72.9 Å². The molecule has 0 saturated carbocycles. The van der Waals surface area contributed by atoms with Crippen molar-refractivity contribution >= 4 is 25.7 Å². The third-order valence-corrected chi connectivity index (χ3v) is 10.9. The van der Waals surface area contributed by atoms with Gasteiger partial charge in [-0.25, -0.2) is 4.57 Å². The van der Waals surface area contributed by atoms with E-state index in [4.69, 9.17) is 24.8 Å². The Morgan fingerprint density at radius 1 is 0.516 bits per heavy atom. The van der Waals surface area contributed by atoms with E-state index >= 15 is 0 Å². The molecular formula is C50H86NO10P. The molecular weight excluding hydrogens is 806 g/mol. The second-order valence-electron chi connectivity index (χ2n) is 15.9. The van der Waals surface area contributed by atoms with Gasteiger partial charge in [-0.05, 0) is 51.4 Å². The molecule has 0 aromatic rings. The van der Waals surface area contributed by atoms with Gasteiger partial charge in [0.25, 0.3) is 0 Å². The lowest BCUT2D eigenvalue weighted by atomic mass is 10.0. The molecule has 356 valence electrons. The van der Waals surface area contributed by atoms with Gasteiger partial charge in [0.2, 0.25) is 0 Å². The van der Waals surface area contributed by atoms with Crippen molar-refractivity contribution in [1.29, 1.82) is 0 Å².